The van der Waals surface area contributed by atoms with Gasteiger partial charge in [0.1, 0.15) is 5.69 Å². The van der Waals surface area contributed by atoms with Gasteiger partial charge in [-0.15, -0.1) is 0 Å². The van der Waals surface area contributed by atoms with Crippen molar-refractivity contribution in [2.75, 3.05) is 13.1 Å². The first-order valence-electron chi connectivity index (χ1n) is 11.5. The molecule has 0 unspecified atom stereocenters. The molecule has 0 saturated heterocycles. The van der Waals surface area contributed by atoms with E-state index in [0.29, 0.717) is 35.8 Å². The number of halogens is 4. The van der Waals surface area contributed by atoms with Crippen LogP contribution >= 0.6 is 11.6 Å². The Hall–Kier alpha value is -2.19. The highest BCUT2D eigenvalue weighted by Crippen LogP contribution is 2.45. The second kappa shape index (κ2) is 8.24. The van der Waals surface area contributed by atoms with Gasteiger partial charge in [0.25, 0.3) is 5.91 Å². The predicted molar refractivity (Wildman–Crippen MR) is 118 cm³/mol. The largest absolute Gasteiger partial charge is 0.451 e. The van der Waals surface area contributed by atoms with Crippen LogP contribution in [0.4, 0.5) is 13.2 Å². The molecule has 2 saturated carbocycles. The number of hydrogen-bond donors (Lipinski definition) is 1. The van der Waals surface area contributed by atoms with Crippen molar-refractivity contribution in [2.45, 2.75) is 68.5 Å². The fraction of sp³-hybridized carbons (Fsp3) is 0.542. The Morgan fingerprint density at radius 1 is 1.15 bits per heavy atom. The Kier molecular flexibility index (Phi) is 5.64. The number of nitrogens with zero attached hydrogens (tertiary/aromatic N) is 3. The molecule has 5 nitrogen and oxygen atoms in total. The molecule has 2 aliphatic carbocycles. The van der Waals surface area contributed by atoms with E-state index in [1.165, 1.54) is 0 Å². The van der Waals surface area contributed by atoms with Crippen molar-refractivity contribution in [3.8, 4) is 0 Å². The van der Waals surface area contributed by atoms with Crippen molar-refractivity contribution in [2.24, 2.45) is 5.73 Å². The molecule has 1 aromatic carbocycles. The smallest absolute Gasteiger partial charge is 0.334 e. The van der Waals surface area contributed by atoms with E-state index in [-0.39, 0.29) is 23.1 Å². The summed E-state index contributed by atoms with van der Waals surface area (Å²) in [4.78, 5) is 22.6. The molecular formula is C24H26ClF3N4O. The molecule has 2 N–H and O–H groups in total. The maximum atomic E-state index is 13.4. The van der Waals surface area contributed by atoms with Crippen LogP contribution in [0.25, 0.3) is 0 Å². The van der Waals surface area contributed by atoms with Crippen molar-refractivity contribution in [1.29, 1.82) is 0 Å². The Balaban J connectivity index is 1.39. The fourth-order valence-electron chi connectivity index (χ4n) is 5.46. The zero-order chi connectivity index (χ0) is 23.4. The molecule has 5 rings (SSSR count). The molecule has 1 amide bonds. The van der Waals surface area contributed by atoms with Crippen LogP contribution in [0.3, 0.4) is 0 Å². The van der Waals surface area contributed by atoms with Crippen molar-refractivity contribution < 1.29 is 18.0 Å². The number of amides is 1. The van der Waals surface area contributed by atoms with E-state index in [2.05, 4.69) is 9.97 Å². The number of fused-ring (bicyclic) bond motifs is 1. The van der Waals surface area contributed by atoms with Gasteiger partial charge in [0.2, 0.25) is 5.82 Å². The third-order valence-corrected chi connectivity index (χ3v) is 7.74. The van der Waals surface area contributed by atoms with Gasteiger partial charge in [0.15, 0.2) is 0 Å². The Bertz CT molecular complexity index is 1080. The molecule has 1 aromatic heterocycles. The Labute approximate surface area is 195 Å². The lowest BCUT2D eigenvalue weighted by Gasteiger charge is -2.44. The molecule has 0 radical (unpaired) electrons. The summed E-state index contributed by atoms with van der Waals surface area (Å²) in [6.45, 7) is 0.960. The van der Waals surface area contributed by atoms with Gasteiger partial charge in [0.05, 0.1) is 5.69 Å². The fourth-order valence-corrected chi connectivity index (χ4v) is 5.65. The summed E-state index contributed by atoms with van der Waals surface area (Å²) < 4.78 is 40.3. The zero-order valence-electron chi connectivity index (χ0n) is 18.2. The molecule has 0 bridgehead atoms. The summed E-state index contributed by atoms with van der Waals surface area (Å²) in [5, 5.41) is 0.664. The standard InChI is InChI=1S/C24H26ClF3N4O/c25-16-3-1-2-15(12-16)23(13-29)9-6-17(7-10-23)32-11-8-18-19(14-4-5-14)30-22(24(26,27)28)31-20(18)21(32)33/h1-3,12,14,17H,4-11,13,29H2/t17-,23-. The number of aromatic nitrogens is 2. The third kappa shape index (κ3) is 4.12. The van der Waals surface area contributed by atoms with E-state index in [0.717, 1.165) is 44.1 Å². The first-order valence-corrected chi connectivity index (χ1v) is 11.8. The molecule has 0 atom stereocenters. The Morgan fingerprint density at radius 3 is 2.48 bits per heavy atom. The molecule has 2 fully saturated rings. The van der Waals surface area contributed by atoms with Gasteiger partial charge in [-0.3, -0.25) is 4.79 Å². The molecule has 176 valence electrons. The second-order valence-electron chi connectivity index (χ2n) is 9.51. The molecular weight excluding hydrogens is 453 g/mol. The summed E-state index contributed by atoms with van der Waals surface area (Å²) in [5.41, 5.74) is 8.06. The Morgan fingerprint density at radius 2 is 1.88 bits per heavy atom. The quantitative estimate of drug-likeness (QED) is 0.681. The average molecular weight is 479 g/mol. The van der Waals surface area contributed by atoms with Gasteiger partial charge >= 0.3 is 6.18 Å². The molecule has 1 aliphatic heterocycles. The number of carbonyl (C=O) groups is 1. The van der Waals surface area contributed by atoms with Gasteiger partial charge in [0, 0.05) is 41.1 Å². The van der Waals surface area contributed by atoms with Gasteiger partial charge in [-0.2, -0.15) is 13.2 Å². The summed E-state index contributed by atoms with van der Waals surface area (Å²) in [7, 11) is 0. The number of carbonyl (C=O) groups excluding carboxylic acids is 1. The van der Waals surface area contributed by atoms with Crippen LogP contribution in [0.1, 0.15) is 77.6 Å². The molecule has 2 heterocycles. The minimum atomic E-state index is -4.68. The van der Waals surface area contributed by atoms with Crippen LogP contribution in [0.5, 0.6) is 0 Å². The van der Waals surface area contributed by atoms with E-state index in [1.807, 2.05) is 24.3 Å². The third-order valence-electron chi connectivity index (χ3n) is 7.50. The first kappa shape index (κ1) is 22.6. The van der Waals surface area contributed by atoms with E-state index in [4.69, 9.17) is 17.3 Å². The number of rotatable bonds is 4. The number of benzene rings is 1. The van der Waals surface area contributed by atoms with Crippen LogP contribution in [0.15, 0.2) is 24.3 Å². The van der Waals surface area contributed by atoms with E-state index in [1.54, 1.807) is 4.90 Å². The summed E-state index contributed by atoms with van der Waals surface area (Å²) in [5.74, 6) is -1.59. The van der Waals surface area contributed by atoms with Gasteiger partial charge in [-0.25, -0.2) is 9.97 Å². The molecule has 2 aromatic rings. The minimum absolute atomic E-state index is 0.0137. The normalized spacial score (nSPS) is 25.8. The van der Waals surface area contributed by atoms with Crippen molar-refractivity contribution in [3.63, 3.8) is 0 Å². The van der Waals surface area contributed by atoms with Gasteiger partial charge < -0.3 is 10.6 Å². The maximum absolute atomic E-state index is 13.4. The average Bonchev–Trinajstić information content (AvgIpc) is 3.64. The topological polar surface area (TPSA) is 72.1 Å². The highest BCUT2D eigenvalue weighted by atomic mass is 35.5. The molecule has 9 heteroatoms. The van der Waals surface area contributed by atoms with Crippen molar-refractivity contribution in [3.05, 3.63) is 57.6 Å². The first-order chi connectivity index (χ1) is 15.7. The second-order valence-corrected chi connectivity index (χ2v) is 9.94. The van der Waals surface area contributed by atoms with Crippen LogP contribution in [-0.4, -0.2) is 39.9 Å². The van der Waals surface area contributed by atoms with E-state index < -0.39 is 17.9 Å². The van der Waals surface area contributed by atoms with Crippen LogP contribution in [0, 0.1) is 0 Å². The minimum Gasteiger partial charge on any atom is -0.334 e. The van der Waals surface area contributed by atoms with Crippen LogP contribution < -0.4 is 5.73 Å². The van der Waals surface area contributed by atoms with Crippen LogP contribution in [0.2, 0.25) is 5.02 Å². The SMILES string of the molecule is NC[C@]1(c2cccc(Cl)c2)CC[C@H](N2CCc3c(nc(C(F)(F)F)nc3C3CC3)C2=O)CC1. The number of hydrogen-bond acceptors (Lipinski definition) is 4. The molecule has 3 aliphatic rings. The summed E-state index contributed by atoms with van der Waals surface area (Å²) >= 11 is 6.20. The van der Waals surface area contributed by atoms with Crippen molar-refractivity contribution >= 4 is 17.5 Å². The van der Waals surface area contributed by atoms with Crippen molar-refractivity contribution in [1.82, 2.24) is 14.9 Å². The monoisotopic (exact) mass is 478 g/mol. The maximum Gasteiger partial charge on any atom is 0.451 e. The van der Waals surface area contributed by atoms with E-state index in [9.17, 15) is 18.0 Å². The summed E-state index contributed by atoms with van der Waals surface area (Å²) in [6, 6.07) is 7.69. The lowest BCUT2D eigenvalue weighted by atomic mass is 9.68. The highest BCUT2D eigenvalue weighted by molar-refractivity contribution is 6.30. The number of alkyl halides is 3. The molecule has 0 spiro atoms. The predicted octanol–water partition coefficient (Wildman–Crippen LogP) is 4.86. The lowest BCUT2D eigenvalue weighted by Crippen LogP contribution is -2.50. The number of nitrogens with two attached hydrogens (primary N) is 1. The van der Waals surface area contributed by atoms with E-state index >= 15 is 0 Å². The van der Waals surface area contributed by atoms with Gasteiger partial charge in [-0.05, 0) is 62.6 Å². The highest BCUT2D eigenvalue weighted by Gasteiger charge is 2.44. The zero-order valence-corrected chi connectivity index (χ0v) is 18.9. The van der Waals surface area contributed by atoms with Crippen LogP contribution in [-0.2, 0) is 18.0 Å². The summed E-state index contributed by atoms with van der Waals surface area (Å²) in [6.07, 6.45) is 0.487. The van der Waals surface area contributed by atoms with Gasteiger partial charge in [-0.1, -0.05) is 23.7 Å². The lowest BCUT2D eigenvalue weighted by molar-refractivity contribution is -0.145. The molecule has 33 heavy (non-hydrogen) atoms.